The molecule has 0 spiro atoms. The largest absolute Gasteiger partial charge is 0.387 e. The van der Waals surface area contributed by atoms with E-state index in [0.717, 1.165) is 22.5 Å². The van der Waals surface area contributed by atoms with Crippen molar-refractivity contribution >= 4 is 22.9 Å². The smallest absolute Gasteiger partial charge is 0.283 e. The second-order valence-electron chi connectivity index (χ2n) is 4.89. The quantitative estimate of drug-likeness (QED) is 0.654. The molecular weight excluding hydrogens is 304 g/mol. The topological polar surface area (TPSA) is 92.5 Å². The lowest BCUT2D eigenvalue weighted by Crippen LogP contribution is -2.28. The fraction of sp³-hybridized carbons (Fsp3) is 0.267. The minimum Gasteiger partial charge on any atom is -0.387 e. The van der Waals surface area contributed by atoms with E-state index in [1.54, 1.807) is 13.0 Å². The SMILES string of the molecule is Cc1ccccc1C(O)CNC(=O)c1cc([N+](=O)[O-])c(C)s1. The van der Waals surface area contributed by atoms with Gasteiger partial charge >= 0.3 is 0 Å². The van der Waals surface area contributed by atoms with Crippen LogP contribution in [-0.4, -0.2) is 22.5 Å². The number of nitro groups is 1. The van der Waals surface area contributed by atoms with Crippen molar-refractivity contribution in [2.24, 2.45) is 0 Å². The van der Waals surface area contributed by atoms with Crippen molar-refractivity contribution in [2.45, 2.75) is 20.0 Å². The summed E-state index contributed by atoms with van der Waals surface area (Å²) in [6.07, 6.45) is -0.818. The second kappa shape index (κ2) is 6.67. The molecule has 0 aliphatic rings. The zero-order valence-electron chi connectivity index (χ0n) is 12.2. The van der Waals surface area contributed by atoms with Crippen molar-refractivity contribution in [1.82, 2.24) is 5.32 Å². The fourth-order valence-electron chi connectivity index (χ4n) is 2.11. The predicted octanol–water partition coefficient (Wildman–Crippen LogP) is 2.74. The molecule has 0 radical (unpaired) electrons. The lowest BCUT2D eigenvalue weighted by molar-refractivity contribution is -0.385. The number of aryl methyl sites for hydroxylation is 2. The van der Waals surface area contributed by atoms with Gasteiger partial charge in [0.25, 0.3) is 11.6 Å². The summed E-state index contributed by atoms with van der Waals surface area (Å²) < 4.78 is 0. The van der Waals surface area contributed by atoms with Gasteiger partial charge in [-0.3, -0.25) is 14.9 Å². The zero-order valence-corrected chi connectivity index (χ0v) is 13.0. The summed E-state index contributed by atoms with van der Waals surface area (Å²) in [5.41, 5.74) is 1.62. The van der Waals surface area contributed by atoms with E-state index in [-0.39, 0.29) is 17.1 Å². The Kier molecular flexibility index (Phi) is 4.89. The highest BCUT2D eigenvalue weighted by molar-refractivity contribution is 7.14. The average Bonchev–Trinajstić information content (AvgIpc) is 2.87. The van der Waals surface area contributed by atoms with Gasteiger partial charge in [-0.05, 0) is 25.0 Å². The minimum atomic E-state index is -0.818. The highest BCUT2D eigenvalue weighted by Crippen LogP contribution is 2.28. The first-order valence-corrected chi connectivity index (χ1v) is 7.48. The molecule has 7 heteroatoms. The van der Waals surface area contributed by atoms with Crippen LogP contribution in [0.1, 0.15) is 31.8 Å². The van der Waals surface area contributed by atoms with Crippen LogP contribution in [0.15, 0.2) is 30.3 Å². The third kappa shape index (κ3) is 3.49. The van der Waals surface area contributed by atoms with E-state index in [4.69, 9.17) is 0 Å². The zero-order chi connectivity index (χ0) is 16.3. The fourth-order valence-corrected chi connectivity index (χ4v) is 3.02. The molecule has 2 N–H and O–H groups in total. The number of carbonyl (C=O) groups is 1. The van der Waals surface area contributed by atoms with Crippen LogP contribution in [-0.2, 0) is 0 Å². The number of benzene rings is 1. The van der Waals surface area contributed by atoms with E-state index in [0.29, 0.717) is 4.88 Å². The van der Waals surface area contributed by atoms with Crippen LogP contribution in [0.5, 0.6) is 0 Å². The Balaban J connectivity index is 2.02. The van der Waals surface area contributed by atoms with Crippen LogP contribution < -0.4 is 5.32 Å². The molecule has 0 bridgehead atoms. The highest BCUT2D eigenvalue weighted by atomic mass is 32.1. The van der Waals surface area contributed by atoms with Crippen LogP contribution in [0.2, 0.25) is 0 Å². The molecule has 1 unspecified atom stereocenters. The van der Waals surface area contributed by atoms with Gasteiger partial charge in [0.05, 0.1) is 20.8 Å². The standard InChI is InChI=1S/C15H16N2O4S/c1-9-5-3-4-6-11(9)13(18)8-16-15(19)14-7-12(17(20)21)10(2)22-14/h3-7,13,18H,8H2,1-2H3,(H,16,19). The predicted molar refractivity (Wildman–Crippen MR) is 84.2 cm³/mol. The molecule has 0 saturated heterocycles. The number of nitrogens with zero attached hydrogens (tertiary/aromatic N) is 1. The van der Waals surface area contributed by atoms with Gasteiger partial charge in [0, 0.05) is 12.6 Å². The molecule has 0 fully saturated rings. The molecular formula is C15H16N2O4S. The van der Waals surface area contributed by atoms with Gasteiger partial charge in [0.2, 0.25) is 0 Å². The number of aliphatic hydroxyl groups is 1. The van der Waals surface area contributed by atoms with E-state index >= 15 is 0 Å². The molecule has 0 saturated carbocycles. The minimum absolute atomic E-state index is 0.0500. The number of thiophene rings is 1. The van der Waals surface area contributed by atoms with Crippen LogP contribution in [0.4, 0.5) is 5.69 Å². The van der Waals surface area contributed by atoms with E-state index in [2.05, 4.69) is 5.32 Å². The third-order valence-corrected chi connectivity index (χ3v) is 4.35. The molecule has 0 aliphatic carbocycles. The van der Waals surface area contributed by atoms with Crippen LogP contribution >= 0.6 is 11.3 Å². The maximum absolute atomic E-state index is 12.0. The molecule has 6 nitrogen and oxygen atoms in total. The van der Waals surface area contributed by atoms with Gasteiger partial charge in [0.15, 0.2) is 0 Å². The number of nitrogens with one attached hydrogen (secondary N) is 1. The first kappa shape index (κ1) is 16.1. The summed E-state index contributed by atoms with van der Waals surface area (Å²) in [6, 6.07) is 8.63. The van der Waals surface area contributed by atoms with Crippen molar-refractivity contribution in [1.29, 1.82) is 0 Å². The molecule has 1 aromatic heterocycles. The maximum Gasteiger partial charge on any atom is 0.283 e. The Morgan fingerprint density at radius 2 is 2.09 bits per heavy atom. The number of carbonyl (C=O) groups excluding carboxylic acids is 1. The molecule has 2 aromatic rings. The van der Waals surface area contributed by atoms with Gasteiger partial charge in [-0.1, -0.05) is 24.3 Å². The van der Waals surface area contributed by atoms with Crippen molar-refractivity contribution in [3.8, 4) is 0 Å². The molecule has 1 atom stereocenters. The Labute approximate surface area is 131 Å². The van der Waals surface area contributed by atoms with Crippen molar-refractivity contribution in [3.63, 3.8) is 0 Å². The van der Waals surface area contributed by atoms with Crippen molar-refractivity contribution < 1.29 is 14.8 Å². The molecule has 2 rings (SSSR count). The van der Waals surface area contributed by atoms with E-state index in [9.17, 15) is 20.0 Å². The van der Waals surface area contributed by atoms with Crippen LogP contribution in [0.3, 0.4) is 0 Å². The van der Waals surface area contributed by atoms with E-state index in [1.807, 2.05) is 25.1 Å². The van der Waals surface area contributed by atoms with E-state index in [1.165, 1.54) is 6.07 Å². The Morgan fingerprint density at radius 1 is 1.41 bits per heavy atom. The van der Waals surface area contributed by atoms with Gasteiger partial charge in [-0.25, -0.2) is 0 Å². The Bertz CT molecular complexity index is 711. The third-order valence-electron chi connectivity index (χ3n) is 3.32. The summed E-state index contributed by atoms with van der Waals surface area (Å²) in [5, 5.41) is 23.5. The Morgan fingerprint density at radius 3 is 2.68 bits per heavy atom. The van der Waals surface area contributed by atoms with Crippen LogP contribution in [0.25, 0.3) is 0 Å². The lowest BCUT2D eigenvalue weighted by Gasteiger charge is -2.14. The molecule has 116 valence electrons. The first-order valence-electron chi connectivity index (χ1n) is 6.66. The second-order valence-corrected chi connectivity index (χ2v) is 6.15. The number of rotatable bonds is 5. The summed E-state index contributed by atoms with van der Waals surface area (Å²) >= 11 is 1.07. The average molecular weight is 320 g/mol. The summed E-state index contributed by atoms with van der Waals surface area (Å²) in [6.45, 7) is 3.53. The summed E-state index contributed by atoms with van der Waals surface area (Å²) in [4.78, 5) is 23.0. The number of hydrogen-bond acceptors (Lipinski definition) is 5. The van der Waals surface area contributed by atoms with Gasteiger partial charge < -0.3 is 10.4 Å². The van der Waals surface area contributed by atoms with Gasteiger partial charge in [-0.15, -0.1) is 11.3 Å². The molecule has 1 amide bonds. The number of aliphatic hydroxyl groups excluding tert-OH is 1. The van der Waals surface area contributed by atoms with Crippen molar-refractivity contribution in [3.05, 3.63) is 61.3 Å². The lowest BCUT2D eigenvalue weighted by atomic mass is 10.0. The van der Waals surface area contributed by atoms with Crippen molar-refractivity contribution in [2.75, 3.05) is 6.54 Å². The maximum atomic E-state index is 12.0. The highest BCUT2D eigenvalue weighted by Gasteiger charge is 2.20. The Hall–Kier alpha value is -2.25. The first-order chi connectivity index (χ1) is 10.4. The van der Waals surface area contributed by atoms with E-state index < -0.39 is 16.9 Å². The molecule has 1 heterocycles. The summed E-state index contributed by atoms with van der Waals surface area (Å²) in [7, 11) is 0. The number of amides is 1. The molecule has 1 aromatic carbocycles. The van der Waals surface area contributed by atoms with Gasteiger partial charge in [0.1, 0.15) is 0 Å². The number of hydrogen-bond donors (Lipinski definition) is 2. The molecule has 22 heavy (non-hydrogen) atoms. The molecule has 0 aliphatic heterocycles. The monoisotopic (exact) mass is 320 g/mol. The summed E-state index contributed by atoms with van der Waals surface area (Å²) in [5.74, 6) is -0.422. The normalized spacial score (nSPS) is 12.0. The van der Waals surface area contributed by atoms with Crippen LogP contribution in [0, 0.1) is 24.0 Å². The van der Waals surface area contributed by atoms with Gasteiger partial charge in [-0.2, -0.15) is 0 Å².